The Morgan fingerprint density at radius 2 is 0.906 bits per heavy atom. The molecule has 0 saturated carbocycles. The third-order valence-electron chi connectivity index (χ3n) is 17.1. The van der Waals surface area contributed by atoms with Crippen LogP contribution in [-0.4, -0.2) is 162 Å². The molecular weight excluding hydrogens is 1290 g/mol. The molecule has 2 aromatic heterocycles. The second-order valence-corrected chi connectivity index (χ2v) is 27.2. The zero-order valence-corrected chi connectivity index (χ0v) is 56.4. The normalized spacial score (nSPS) is 19.4. The minimum absolute atomic E-state index is 0.0635. The van der Waals surface area contributed by atoms with Crippen molar-refractivity contribution in [3.63, 3.8) is 0 Å². The van der Waals surface area contributed by atoms with Gasteiger partial charge in [-0.1, -0.05) is 132 Å². The summed E-state index contributed by atoms with van der Waals surface area (Å²) in [4.78, 5) is 81.6. The van der Waals surface area contributed by atoms with Crippen molar-refractivity contribution in [1.29, 1.82) is 0 Å². The number of nitrogens with one attached hydrogen (secondary N) is 2. The maximum absolute atomic E-state index is 14.2. The Morgan fingerprint density at radius 3 is 1.28 bits per heavy atom. The molecule has 0 unspecified atom stereocenters. The highest BCUT2D eigenvalue weighted by atomic mass is 35.5. The minimum atomic E-state index is -0.989. The lowest BCUT2D eigenvalue weighted by molar-refractivity contribution is -0.152. The van der Waals surface area contributed by atoms with E-state index in [-0.39, 0.29) is 42.1 Å². The number of amides is 5. The van der Waals surface area contributed by atoms with Gasteiger partial charge in [0.2, 0.25) is 17.7 Å². The highest BCUT2D eigenvalue weighted by Gasteiger charge is 2.46. The number of nitrogens with zero attached hydrogens (tertiary/aromatic N) is 12. The van der Waals surface area contributed by atoms with E-state index in [2.05, 4.69) is 114 Å². The number of hydrogen-bond donors (Lipinski definition) is 3. The molecule has 4 aliphatic rings. The van der Waals surface area contributed by atoms with Gasteiger partial charge in [-0.2, -0.15) is 0 Å². The summed E-state index contributed by atoms with van der Waals surface area (Å²) in [6, 6.07) is 45.0. The number of ether oxygens (including phenoxy) is 2. The second kappa shape index (κ2) is 31.1. The van der Waals surface area contributed by atoms with Crippen LogP contribution < -0.4 is 10.6 Å². The Kier molecular flexibility index (Phi) is 22.5. The summed E-state index contributed by atoms with van der Waals surface area (Å²) in [6.45, 7) is 13.2. The van der Waals surface area contributed by atoms with E-state index in [1.54, 1.807) is 67.0 Å². The first-order valence-electron chi connectivity index (χ1n) is 31.8. The lowest BCUT2D eigenvalue weighted by Gasteiger charge is -2.46. The monoisotopic (exact) mass is 1360 g/mol. The van der Waals surface area contributed by atoms with Crippen molar-refractivity contribution in [2.24, 2.45) is 0 Å². The van der Waals surface area contributed by atoms with E-state index in [0.29, 0.717) is 74.0 Å². The number of rotatable bonds is 14. The average molecular weight is 1360 g/mol. The number of benzene rings is 6. The number of aromatic nitrogens is 8. The van der Waals surface area contributed by atoms with Crippen molar-refractivity contribution in [3.05, 3.63) is 191 Å². The Hall–Kier alpha value is -9.29. The molecule has 4 saturated heterocycles. The van der Waals surface area contributed by atoms with Crippen molar-refractivity contribution in [1.82, 2.24) is 70.2 Å². The predicted octanol–water partition coefficient (Wildman–Crippen LogP) is 11.5. The van der Waals surface area contributed by atoms with E-state index in [9.17, 15) is 33.9 Å². The lowest BCUT2D eigenvalue weighted by atomic mass is 9.83. The van der Waals surface area contributed by atoms with Crippen LogP contribution in [0.2, 0.25) is 10.0 Å². The number of carboxylic acids is 1. The van der Waals surface area contributed by atoms with Gasteiger partial charge in [0.25, 0.3) is 0 Å². The minimum Gasteiger partial charge on any atom is -0.480 e. The third kappa shape index (κ3) is 17.8. The summed E-state index contributed by atoms with van der Waals surface area (Å²) >= 11 is 18.1. The number of halogens is 3. The third-order valence-corrected chi connectivity index (χ3v) is 17.9. The van der Waals surface area contributed by atoms with Gasteiger partial charge < -0.3 is 30.1 Å². The summed E-state index contributed by atoms with van der Waals surface area (Å²) in [7, 11) is 0. The standard InChI is InChI=1S/C35H38ClN7O4.C23H27NO4.C12H12Cl2N6O/c1-35(2,3)47-34(46)42-17-15-26(25-11-9-24(10-12-25)23-7-5-4-6-8-23)20-31(42)33(45)41-18-16-30(41)32(44)37-21-27-19-28(36)13-14-29(27)43-22-38-39-40-43;1-23(2,3)28-22(27)24-14-13-19(15-20(24)21(25)26)18-11-9-17(10-12-18)16-7-5-4-6-8-16;13-9-1-2-10(20-7-16-17-18-20)8(5-9)6-15-12(21)11-3-4-19(11)14/h4-14,19,22,26,30-31H,15-18,20-21H2,1-3H3,(H,37,44);4-12,19-20H,13-15H2,1-3H3,(H,25,26);1-2,5,7,11H,3-4,6H2,(H,15,21)/t26-,30-,31+;19-,20+;11-/m000/s1. The van der Waals surface area contributed by atoms with Crippen LogP contribution in [0.1, 0.15) is 114 Å². The zero-order chi connectivity index (χ0) is 68.3. The topological polar surface area (TPSA) is 265 Å². The van der Waals surface area contributed by atoms with Gasteiger partial charge in [-0.05, 0) is 205 Å². The molecule has 8 aromatic rings. The largest absolute Gasteiger partial charge is 0.480 e. The molecule has 0 spiro atoms. The molecule has 0 bridgehead atoms. The van der Waals surface area contributed by atoms with Crippen LogP contribution >= 0.6 is 35.0 Å². The van der Waals surface area contributed by atoms with E-state index in [4.69, 9.17) is 44.5 Å². The molecule has 26 heteroatoms. The average Bonchev–Trinajstić information content (AvgIpc) is 0.939. The van der Waals surface area contributed by atoms with Gasteiger partial charge in [-0.15, -0.1) is 10.2 Å². The van der Waals surface area contributed by atoms with Crippen molar-refractivity contribution in [3.8, 4) is 33.6 Å². The fourth-order valence-electron chi connectivity index (χ4n) is 12.0. The molecule has 3 N–H and O–H groups in total. The Balaban J connectivity index is 0.000000173. The van der Waals surface area contributed by atoms with Gasteiger partial charge in [0.15, 0.2) is 0 Å². The van der Waals surface area contributed by atoms with Crippen molar-refractivity contribution in [2.45, 2.75) is 140 Å². The zero-order valence-electron chi connectivity index (χ0n) is 54.2. The van der Waals surface area contributed by atoms with Gasteiger partial charge in [0, 0.05) is 49.3 Å². The van der Waals surface area contributed by atoms with Crippen molar-refractivity contribution >= 4 is 70.9 Å². The van der Waals surface area contributed by atoms with E-state index in [1.165, 1.54) is 31.3 Å². The Morgan fingerprint density at radius 1 is 0.500 bits per heavy atom. The van der Waals surface area contributed by atoms with E-state index in [1.807, 2.05) is 57.2 Å². The first kappa shape index (κ1) is 69.5. The fourth-order valence-corrected chi connectivity index (χ4v) is 12.6. The molecular formula is C70H77Cl3N14O9. The molecule has 502 valence electrons. The van der Waals surface area contributed by atoms with Crippen LogP contribution in [0.3, 0.4) is 0 Å². The van der Waals surface area contributed by atoms with Crippen LogP contribution in [0.5, 0.6) is 0 Å². The van der Waals surface area contributed by atoms with Crippen molar-refractivity contribution in [2.75, 3.05) is 26.2 Å². The van der Waals surface area contributed by atoms with Gasteiger partial charge in [-0.25, -0.2) is 28.2 Å². The molecule has 0 aliphatic carbocycles. The van der Waals surface area contributed by atoms with Gasteiger partial charge in [-0.3, -0.25) is 24.2 Å². The molecule has 96 heavy (non-hydrogen) atoms. The van der Waals surface area contributed by atoms with E-state index in [0.717, 1.165) is 63.2 Å². The molecule has 4 fully saturated rings. The molecule has 4 aliphatic heterocycles. The summed E-state index contributed by atoms with van der Waals surface area (Å²) < 4.78 is 15.6. The quantitative estimate of drug-likeness (QED) is 0.0854. The first-order chi connectivity index (χ1) is 46.0. The maximum Gasteiger partial charge on any atom is 0.411 e. The highest BCUT2D eigenvalue weighted by molar-refractivity contribution is 6.31. The van der Waals surface area contributed by atoms with Crippen LogP contribution in [0.15, 0.2) is 158 Å². The molecule has 6 heterocycles. The highest BCUT2D eigenvalue weighted by Crippen LogP contribution is 2.38. The van der Waals surface area contributed by atoms with Crippen molar-refractivity contribution < 1.29 is 43.3 Å². The summed E-state index contributed by atoms with van der Waals surface area (Å²) in [6.07, 6.45) is 5.40. The second-order valence-electron chi connectivity index (χ2n) is 25.9. The van der Waals surface area contributed by atoms with E-state index >= 15 is 0 Å². The lowest BCUT2D eigenvalue weighted by Crippen LogP contribution is -2.64. The molecule has 0 radical (unpaired) electrons. The SMILES string of the molecule is CC(C)(C)OC(=O)N1CC[C@H](c2ccc(-c3ccccc3)cc2)C[C@@H]1C(=O)N1CC[C@H]1C(=O)NCc1cc(Cl)ccc1-n1cnnn1.CC(C)(C)OC(=O)N1CC[C@H](c2ccc(-c3ccccc3)cc2)C[C@@H]1C(=O)O.O=C(NCc1cc(Cl)ccc1-n1cnnn1)[C@@H]1CCN1Cl. The van der Waals surface area contributed by atoms with Gasteiger partial charge >= 0.3 is 18.2 Å². The number of carbonyl (C=O) groups excluding carboxylic acids is 5. The number of aliphatic carboxylic acids is 1. The van der Waals surface area contributed by atoms with Gasteiger partial charge in [0.05, 0.1) is 11.4 Å². The molecule has 23 nitrogen and oxygen atoms in total. The Labute approximate surface area is 572 Å². The van der Waals surface area contributed by atoms with Crippen LogP contribution in [-0.2, 0) is 41.7 Å². The number of tetrazole rings is 2. The molecule has 6 aromatic carbocycles. The predicted molar refractivity (Wildman–Crippen MR) is 362 cm³/mol. The number of likely N-dealkylation sites (tertiary alicyclic amines) is 3. The summed E-state index contributed by atoms with van der Waals surface area (Å²) in [5.74, 6) is -1.45. The molecule has 12 rings (SSSR count). The number of carbonyl (C=O) groups is 6. The smallest absolute Gasteiger partial charge is 0.411 e. The van der Waals surface area contributed by atoms with Gasteiger partial charge in [0.1, 0.15) is 48.0 Å². The summed E-state index contributed by atoms with van der Waals surface area (Å²) in [5, 5.41) is 39.0. The maximum atomic E-state index is 14.2. The van der Waals surface area contributed by atoms with Crippen LogP contribution in [0.25, 0.3) is 33.6 Å². The number of piperidine rings is 2. The van der Waals surface area contributed by atoms with Crippen LogP contribution in [0.4, 0.5) is 9.59 Å². The summed E-state index contributed by atoms with van der Waals surface area (Å²) in [5.41, 5.74) is 8.38. The number of carboxylic acid groups (broad SMARTS) is 1. The molecule has 5 amide bonds. The first-order valence-corrected chi connectivity index (χ1v) is 32.9. The van der Waals surface area contributed by atoms with Crippen LogP contribution in [0, 0.1) is 0 Å². The Bertz CT molecular complexity index is 3970. The fraction of sp³-hybridized carbons (Fsp3) is 0.371. The molecule has 6 atom stereocenters. The number of hydrogen-bond acceptors (Lipinski definition) is 15. The van der Waals surface area contributed by atoms with E-state index < -0.39 is 47.5 Å².